The Hall–Kier alpha value is -1.24. The van der Waals surface area contributed by atoms with Crippen LogP contribution >= 0.6 is 39.1 Å². The number of benzene rings is 1. The van der Waals surface area contributed by atoms with E-state index < -0.39 is 17.1 Å². The molecule has 0 fully saturated rings. The number of hydrogen-bond donors (Lipinski definition) is 2. The first kappa shape index (κ1) is 16.1. The van der Waals surface area contributed by atoms with Crippen molar-refractivity contribution in [3.05, 3.63) is 53.1 Å². The zero-order chi connectivity index (χ0) is 15.7. The number of aromatic hydroxyl groups is 1. The Morgan fingerprint density at radius 3 is 2.57 bits per heavy atom. The highest BCUT2D eigenvalue weighted by atomic mass is 79.9. The third-order valence-electron chi connectivity index (χ3n) is 2.94. The third-order valence-corrected chi connectivity index (χ3v) is 4.70. The van der Waals surface area contributed by atoms with Crippen molar-refractivity contribution in [2.24, 2.45) is 0 Å². The zero-order valence-corrected chi connectivity index (χ0v) is 14.0. The largest absolute Gasteiger partial charge is 0.494 e. The van der Waals surface area contributed by atoms with E-state index in [0.717, 1.165) is 4.57 Å². The van der Waals surface area contributed by atoms with Gasteiger partial charge in [-0.3, -0.25) is 9.78 Å². The van der Waals surface area contributed by atoms with Crippen LogP contribution in [0.15, 0.2) is 26.2 Å². The Balaban J connectivity index is 2.82. The molecule has 2 N–H and O–H groups in total. The van der Waals surface area contributed by atoms with Crippen LogP contribution in [-0.4, -0.2) is 14.7 Å². The topological polar surface area (TPSA) is 75.1 Å². The Morgan fingerprint density at radius 1 is 1.29 bits per heavy atom. The number of aromatic nitrogens is 2. The maximum absolute atomic E-state index is 12.0. The maximum atomic E-state index is 12.0. The minimum Gasteiger partial charge on any atom is -0.494 e. The van der Waals surface area contributed by atoms with E-state index in [1.54, 1.807) is 6.07 Å². The van der Waals surface area contributed by atoms with Crippen LogP contribution in [0.25, 0.3) is 5.69 Å². The average Bonchev–Trinajstić information content (AvgIpc) is 2.43. The lowest BCUT2D eigenvalue weighted by molar-refractivity contribution is 0.422. The fourth-order valence-electron chi connectivity index (χ4n) is 1.95. The summed E-state index contributed by atoms with van der Waals surface area (Å²) in [5, 5.41) is 10.6. The van der Waals surface area contributed by atoms with Gasteiger partial charge in [-0.25, -0.2) is 9.36 Å². The van der Waals surface area contributed by atoms with Crippen LogP contribution in [-0.2, 0) is 6.42 Å². The van der Waals surface area contributed by atoms with E-state index in [9.17, 15) is 14.7 Å². The summed E-state index contributed by atoms with van der Waals surface area (Å²) in [7, 11) is 0. The lowest BCUT2D eigenvalue weighted by Crippen LogP contribution is -2.31. The predicted molar refractivity (Wildman–Crippen MR) is 86.0 cm³/mol. The third kappa shape index (κ3) is 2.88. The van der Waals surface area contributed by atoms with Crippen LogP contribution in [0.4, 0.5) is 0 Å². The smallest absolute Gasteiger partial charge is 0.335 e. The van der Waals surface area contributed by atoms with E-state index in [4.69, 9.17) is 23.2 Å². The lowest BCUT2D eigenvalue weighted by atomic mass is 10.2. The van der Waals surface area contributed by atoms with Gasteiger partial charge < -0.3 is 5.11 Å². The molecule has 0 radical (unpaired) electrons. The Kier molecular flexibility index (Phi) is 4.81. The van der Waals surface area contributed by atoms with Crippen LogP contribution in [0.2, 0.25) is 10.0 Å². The van der Waals surface area contributed by atoms with Gasteiger partial charge in [0.25, 0.3) is 5.56 Å². The number of hydrogen-bond acceptors (Lipinski definition) is 3. The Bertz CT molecular complexity index is 814. The Labute approximate surface area is 138 Å². The van der Waals surface area contributed by atoms with Crippen molar-refractivity contribution in [3.8, 4) is 11.6 Å². The molecular weight excluding hydrogens is 383 g/mol. The fourth-order valence-corrected chi connectivity index (χ4v) is 2.80. The molecule has 21 heavy (non-hydrogen) atoms. The van der Waals surface area contributed by atoms with Gasteiger partial charge in [0.2, 0.25) is 5.88 Å². The summed E-state index contributed by atoms with van der Waals surface area (Å²) in [6.07, 6.45) is 0.979. The summed E-state index contributed by atoms with van der Waals surface area (Å²) in [5.74, 6) is -0.425. The summed E-state index contributed by atoms with van der Waals surface area (Å²) in [5.41, 5.74) is -1.05. The predicted octanol–water partition coefficient (Wildman–Crippen LogP) is 3.25. The SMILES string of the molecule is CCCc1c(O)n(-c2ccc(Br)c(Cl)c2Cl)c(=O)[nH]c1=O. The number of nitrogens with zero attached hydrogens (tertiary/aromatic N) is 1. The van der Waals surface area contributed by atoms with Crippen LogP contribution in [0, 0.1) is 0 Å². The van der Waals surface area contributed by atoms with Crippen molar-refractivity contribution < 1.29 is 5.11 Å². The van der Waals surface area contributed by atoms with Gasteiger partial charge in [0.1, 0.15) is 0 Å². The van der Waals surface area contributed by atoms with E-state index >= 15 is 0 Å². The molecular formula is C13H11BrCl2N2O3. The van der Waals surface area contributed by atoms with Crippen molar-refractivity contribution in [1.29, 1.82) is 0 Å². The van der Waals surface area contributed by atoms with Crippen molar-refractivity contribution in [1.82, 2.24) is 9.55 Å². The van der Waals surface area contributed by atoms with Gasteiger partial charge in [0, 0.05) is 4.47 Å². The van der Waals surface area contributed by atoms with Gasteiger partial charge in [-0.05, 0) is 34.5 Å². The molecule has 0 spiro atoms. The van der Waals surface area contributed by atoms with E-state index in [2.05, 4.69) is 20.9 Å². The van der Waals surface area contributed by atoms with Gasteiger partial charge >= 0.3 is 5.69 Å². The Morgan fingerprint density at radius 2 is 1.95 bits per heavy atom. The van der Waals surface area contributed by atoms with Gasteiger partial charge in [0.15, 0.2) is 0 Å². The van der Waals surface area contributed by atoms with Crippen molar-refractivity contribution >= 4 is 39.1 Å². The number of aromatic amines is 1. The molecule has 0 aliphatic rings. The first-order valence-electron chi connectivity index (χ1n) is 6.09. The highest BCUT2D eigenvalue weighted by Gasteiger charge is 2.18. The molecule has 0 atom stereocenters. The van der Waals surface area contributed by atoms with Gasteiger partial charge in [-0.15, -0.1) is 0 Å². The normalized spacial score (nSPS) is 10.9. The first-order chi connectivity index (χ1) is 9.88. The second-order valence-corrected chi connectivity index (χ2v) is 5.95. The van der Waals surface area contributed by atoms with Crippen LogP contribution in [0.1, 0.15) is 18.9 Å². The molecule has 0 saturated carbocycles. The summed E-state index contributed by atoms with van der Waals surface area (Å²) >= 11 is 15.4. The minimum atomic E-state index is -0.780. The quantitative estimate of drug-likeness (QED) is 0.786. The molecule has 1 heterocycles. The maximum Gasteiger partial charge on any atom is 0.335 e. The highest BCUT2D eigenvalue weighted by molar-refractivity contribution is 9.10. The van der Waals surface area contributed by atoms with Crippen molar-refractivity contribution in [2.75, 3.05) is 0 Å². The number of rotatable bonds is 3. The summed E-state index contributed by atoms with van der Waals surface area (Å²) in [6.45, 7) is 1.86. The average molecular weight is 394 g/mol. The molecule has 1 aromatic heterocycles. The molecule has 1 aromatic carbocycles. The number of halogens is 3. The second kappa shape index (κ2) is 6.25. The van der Waals surface area contributed by atoms with E-state index in [0.29, 0.717) is 17.3 Å². The fraction of sp³-hybridized carbons (Fsp3) is 0.231. The number of H-pyrrole nitrogens is 1. The summed E-state index contributed by atoms with van der Waals surface area (Å²) in [4.78, 5) is 25.9. The van der Waals surface area contributed by atoms with Gasteiger partial charge in [-0.2, -0.15) is 0 Å². The molecule has 2 aromatic rings. The molecule has 2 rings (SSSR count). The van der Waals surface area contributed by atoms with Crippen LogP contribution in [0.5, 0.6) is 5.88 Å². The van der Waals surface area contributed by atoms with Crippen LogP contribution in [0.3, 0.4) is 0 Å². The molecule has 0 saturated heterocycles. The van der Waals surface area contributed by atoms with E-state index in [1.165, 1.54) is 6.07 Å². The minimum absolute atomic E-state index is 0.0953. The van der Waals surface area contributed by atoms with E-state index in [-0.39, 0.29) is 21.3 Å². The number of nitrogens with one attached hydrogen (secondary N) is 1. The molecule has 8 heteroatoms. The van der Waals surface area contributed by atoms with E-state index in [1.807, 2.05) is 6.92 Å². The summed E-state index contributed by atoms with van der Waals surface area (Å²) < 4.78 is 1.50. The molecule has 0 aliphatic heterocycles. The molecule has 112 valence electrons. The molecule has 0 unspecified atom stereocenters. The lowest BCUT2D eigenvalue weighted by Gasteiger charge is -2.13. The molecule has 0 amide bonds. The first-order valence-corrected chi connectivity index (χ1v) is 7.64. The summed E-state index contributed by atoms with van der Waals surface area (Å²) in [6, 6.07) is 3.12. The molecule has 5 nitrogen and oxygen atoms in total. The van der Waals surface area contributed by atoms with Gasteiger partial charge in [-0.1, -0.05) is 36.5 Å². The highest BCUT2D eigenvalue weighted by Crippen LogP contribution is 2.35. The van der Waals surface area contributed by atoms with Gasteiger partial charge in [0.05, 0.1) is 21.3 Å². The molecule has 0 aliphatic carbocycles. The monoisotopic (exact) mass is 392 g/mol. The van der Waals surface area contributed by atoms with Crippen molar-refractivity contribution in [2.45, 2.75) is 19.8 Å². The standard InChI is InChI=1S/C13H11BrCl2N2O3/c1-2-3-6-11(19)17-13(21)18(12(6)20)8-5-4-7(14)9(15)10(8)16/h4-5,20H,2-3H2,1H3,(H,17,19,21). The molecule has 0 bridgehead atoms. The zero-order valence-electron chi connectivity index (χ0n) is 10.9. The van der Waals surface area contributed by atoms with Crippen LogP contribution < -0.4 is 11.2 Å². The van der Waals surface area contributed by atoms with Crippen molar-refractivity contribution in [3.63, 3.8) is 0 Å². The second-order valence-electron chi connectivity index (χ2n) is 4.34.